The van der Waals surface area contributed by atoms with Gasteiger partial charge in [0.1, 0.15) is 0 Å². The number of rotatable bonds is 13. The third-order valence-corrected chi connectivity index (χ3v) is 10.8. The molecule has 3 rings (SSSR count). The number of hydrogen-bond acceptors (Lipinski definition) is 0. The second-order valence-electron chi connectivity index (χ2n) is 7.76. The van der Waals surface area contributed by atoms with Crippen LogP contribution in [0.3, 0.4) is 0 Å². The van der Waals surface area contributed by atoms with Crippen LogP contribution in [-0.2, 0) is 0 Å². The van der Waals surface area contributed by atoms with Crippen molar-refractivity contribution in [3.05, 3.63) is 128 Å². The van der Waals surface area contributed by atoms with Gasteiger partial charge in [-0.25, -0.2) is 0 Å². The van der Waals surface area contributed by atoms with Gasteiger partial charge in [0.05, 0.1) is 0 Å². The first kappa shape index (κ1) is 24.4. The maximum atomic E-state index is 4.06. The monoisotopic (exact) mass is 456 g/mol. The largest absolute Gasteiger partial charge is 0.0990 e. The molecule has 0 saturated heterocycles. The first-order valence-electron chi connectivity index (χ1n) is 11.5. The molecule has 0 radical (unpaired) electrons. The van der Waals surface area contributed by atoms with Crippen molar-refractivity contribution >= 4 is 31.8 Å². The maximum absolute atomic E-state index is 4.06. The zero-order valence-corrected chi connectivity index (χ0v) is 20.7. The summed E-state index contributed by atoms with van der Waals surface area (Å²) < 4.78 is 0. The summed E-state index contributed by atoms with van der Waals surface area (Å²) in [4.78, 5) is 0. The molecule has 0 aliphatic heterocycles. The molecular formula is C30H34P2. The average molecular weight is 457 g/mol. The van der Waals surface area contributed by atoms with Gasteiger partial charge in [0.2, 0.25) is 0 Å². The van der Waals surface area contributed by atoms with Crippen LogP contribution in [0.2, 0.25) is 0 Å². The van der Waals surface area contributed by atoms with E-state index in [0.717, 1.165) is 0 Å². The first-order chi connectivity index (χ1) is 15.8. The third-order valence-electron chi connectivity index (χ3n) is 5.53. The molecule has 0 aliphatic rings. The third kappa shape index (κ3) is 7.41. The van der Waals surface area contributed by atoms with Crippen molar-refractivity contribution in [2.75, 3.05) is 12.3 Å². The van der Waals surface area contributed by atoms with Crippen molar-refractivity contribution < 1.29 is 0 Å². The second-order valence-corrected chi connectivity index (χ2v) is 12.4. The van der Waals surface area contributed by atoms with E-state index in [9.17, 15) is 0 Å². The van der Waals surface area contributed by atoms with Gasteiger partial charge in [0.15, 0.2) is 0 Å². The summed E-state index contributed by atoms with van der Waals surface area (Å²) in [5, 5.41) is 5.75. The van der Waals surface area contributed by atoms with Crippen LogP contribution in [0.25, 0.3) is 0 Å². The van der Waals surface area contributed by atoms with Crippen LogP contribution in [0.5, 0.6) is 0 Å². The molecule has 0 aliphatic carbocycles. The van der Waals surface area contributed by atoms with Crippen molar-refractivity contribution in [2.24, 2.45) is 0 Å². The quantitative estimate of drug-likeness (QED) is 0.140. The summed E-state index contributed by atoms with van der Waals surface area (Å²) >= 11 is 0. The van der Waals surface area contributed by atoms with E-state index in [-0.39, 0.29) is 15.8 Å². The van der Waals surface area contributed by atoms with Crippen LogP contribution in [-0.4, -0.2) is 12.3 Å². The fraction of sp³-hybridized carbons (Fsp3) is 0.200. The van der Waals surface area contributed by atoms with Crippen molar-refractivity contribution in [3.63, 3.8) is 0 Å². The van der Waals surface area contributed by atoms with Crippen molar-refractivity contribution in [3.8, 4) is 0 Å². The van der Waals surface area contributed by atoms with E-state index >= 15 is 0 Å². The maximum Gasteiger partial charge on any atom is -0.0195 e. The summed E-state index contributed by atoms with van der Waals surface area (Å²) in [5.41, 5.74) is 0. The van der Waals surface area contributed by atoms with Crippen molar-refractivity contribution in [1.82, 2.24) is 0 Å². The van der Waals surface area contributed by atoms with E-state index < -0.39 is 0 Å². The number of unbranched alkanes of at least 4 members (excludes halogenated alkanes) is 3. The Morgan fingerprint density at radius 3 is 1.53 bits per heavy atom. The molecule has 0 aromatic heterocycles. The van der Waals surface area contributed by atoms with Gasteiger partial charge in [-0.3, -0.25) is 0 Å². The Balaban J connectivity index is 1.54. The molecule has 0 fully saturated rings. The Morgan fingerprint density at radius 2 is 1.06 bits per heavy atom. The zero-order valence-electron chi connectivity index (χ0n) is 18.9. The Bertz CT molecular complexity index is 922. The van der Waals surface area contributed by atoms with Gasteiger partial charge >= 0.3 is 0 Å². The minimum atomic E-state index is -0.355. The summed E-state index contributed by atoms with van der Waals surface area (Å²) in [6, 6.07) is 33.0. The van der Waals surface area contributed by atoms with Crippen molar-refractivity contribution in [2.45, 2.75) is 25.7 Å². The molecule has 3 aromatic rings. The van der Waals surface area contributed by atoms with Gasteiger partial charge in [-0.1, -0.05) is 135 Å². The summed E-state index contributed by atoms with van der Waals surface area (Å²) in [6.07, 6.45) is 13.7. The first-order valence-corrected chi connectivity index (χ1v) is 14.5. The smallest absolute Gasteiger partial charge is 0.0195 e. The van der Waals surface area contributed by atoms with E-state index in [1.807, 2.05) is 12.2 Å². The highest BCUT2D eigenvalue weighted by Gasteiger charge is 2.15. The molecule has 0 bridgehead atoms. The fourth-order valence-electron chi connectivity index (χ4n) is 3.92. The molecule has 0 nitrogen and oxygen atoms in total. The van der Waals surface area contributed by atoms with Crippen LogP contribution in [0.15, 0.2) is 128 Å². The van der Waals surface area contributed by atoms with Crippen LogP contribution in [0.4, 0.5) is 0 Å². The van der Waals surface area contributed by atoms with Gasteiger partial charge in [-0.05, 0) is 62.2 Å². The molecule has 2 heteroatoms. The molecule has 3 aromatic carbocycles. The molecular weight excluding hydrogens is 422 g/mol. The van der Waals surface area contributed by atoms with E-state index in [1.54, 1.807) is 0 Å². The molecule has 0 saturated carbocycles. The van der Waals surface area contributed by atoms with Crippen LogP contribution < -0.4 is 15.9 Å². The second kappa shape index (κ2) is 14.0. The topological polar surface area (TPSA) is 0 Å². The highest BCUT2D eigenvalue weighted by Crippen LogP contribution is 2.45. The average Bonchev–Trinajstić information content (AvgIpc) is 2.86. The molecule has 1 atom stereocenters. The number of benzene rings is 3. The lowest BCUT2D eigenvalue weighted by atomic mass is 10.2. The minimum absolute atomic E-state index is 0.268. The Morgan fingerprint density at radius 1 is 0.594 bits per heavy atom. The molecule has 0 amide bonds. The van der Waals surface area contributed by atoms with Gasteiger partial charge in [0.25, 0.3) is 0 Å². The molecule has 164 valence electrons. The zero-order chi connectivity index (χ0) is 22.4. The predicted octanol–water partition coefficient (Wildman–Crippen LogP) is 7.74. The highest BCUT2D eigenvalue weighted by molar-refractivity contribution is 7.73. The molecule has 0 N–H and O–H groups in total. The summed E-state index contributed by atoms with van der Waals surface area (Å²) in [7, 11) is -0.623. The van der Waals surface area contributed by atoms with Crippen molar-refractivity contribution in [1.29, 1.82) is 0 Å². The van der Waals surface area contributed by atoms with Crippen LogP contribution >= 0.6 is 15.8 Å². The fourth-order valence-corrected chi connectivity index (χ4v) is 8.73. The normalized spacial score (nSPS) is 12.5. The van der Waals surface area contributed by atoms with E-state index in [4.69, 9.17) is 0 Å². The SMILES string of the molecule is C=C/C=C(\C=C)P(CCCCCCP(c1ccccc1)c1ccccc1)c1ccccc1. The number of allylic oxidation sites excluding steroid dienone is 4. The van der Waals surface area contributed by atoms with Gasteiger partial charge in [-0.2, -0.15) is 0 Å². The summed E-state index contributed by atoms with van der Waals surface area (Å²) in [5.74, 6) is 0. The van der Waals surface area contributed by atoms with Gasteiger partial charge < -0.3 is 0 Å². The van der Waals surface area contributed by atoms with E-state index in [2.05, 4.69) is 110 Å². The number of hydrogen-bond donors (Lipinski definition) is 0. The Kier molecular flexibility index (Phi) is 10.7. The highest BCUT2D eigenvalue weighted by atomic mass is 31.1. The Labute approximate surface area is 197 Å². The predicted molar refractivity (Wildman–Crippen MR) is 149 cm³/mol. The van der Waals surface area contributed by atoms with Gasteiger partial charge in [0, 0.05) is 0 Å². The molecule has 0 heterocycles. The lowest BCUT2D eigenvalue weighted by molar-refractivity contribution is 0.709. The molecule has 1 unspecified atom stereocenters. The minimum Gasteiger partial charge on any atom is -0.0990 e. The standard InChI is InChI=1S/C30H34P2/c1-3-18-27(4-2)31(28-19-10-7-11-20-28)25-16-5-6-17-26-32(29-21-12-8-13-22-29)30-23-14-9-15-24-30/h3-4,7-15,18-24H,1-2,5-6,16-17,25-26H2/b27-18+. The molecule has 32 heavy (non-hydrogen) atoms. The lowest BCUT2D eigenvalue weighted by Crippen LogP contribution is -2.13. The molecule has 0 spiro atoms. The lowest BCUT2D eigenvalue weighted by Gasteiger charge is -2.20. The van der Waals surface area contributed by atoms with E-state index in [1.165, 1.54) is 59.2 Å². The van der Waals surface area contributed by atoms with E-state index in [0.29, 0.717) is 0 Å². The Hall–Kier alpha value is -2.26. The van der Waals surface area contributed by atoms with Crippen LogP contribution in [0, 0.1) is 0 Å². The summed E-state index contributed by atoms with van der Waals surface area (Å²) in [6.45, 7) is 7.96. The van der Waals surface area contributed by atoms with Gasteiger partial charge in [-0.15, -0.1) is 0 Å². The van der Waals surface area contributed by atoms with Crippen LogP contribution in [0.1, 0.15) is 25.7 Å².